The van der Waals surface area contributed by atoms with Crippen molar-refractivity contribution in [1.82, 2.24) is 20.4 Å². The SMILES string of the molecule is CCOC(=O)c1cc(CNCCc2nc3ccccc3[nH]2)on1.Cl.Cl. The van der Waals surface area contributed by atoms with Crippen molar-refractivity contribution in [3.8, 4) is 0 Å². The molecule has 1 aromatic carbocycles. The maximum Gasteiger partial charge on any atom is 0.360 e. The van der Waals surface area contributed by atoms with Crippen LogP contribution in [0.25, 0.3) is 11.0 Å². The third-order valence-corrected chi connectivity index (χ3v) is 3.32. The number of hydrogen-bond acceptors (Lipinski definition) is 6. The van der Waals surface area contributed by atoms with Crippen LogP contribution in [0.3, 0.4) is 0 Å². The minimum Gasteiger partial charge on any atom is -0.461 e. The number of para-hydroxylation sites is 2. The van der Waals surface area contributed by atoms with Crippen molar-refractivity contribution in [3.63, 3.8) is 0 Å². The number of ether oxygens (including phenoxy) is 1. The minimum atomic E-state index is -0.468. The lowest BCUT2D eigenvalue weighted by Gasteiger charge is -1.99. The number of aromatic nitrogens is 3. The van der Waals surface area contributed by atoms with E-state index in [4.69, 9.17) is 9.26 Å². The van der Waals surface area contributed by atoms with Gasteiger partial charge in [0.05, 0.1) is 24.2 Å². The zero-order valence-electron chi connectivity index (χ0n) is 13.7. The first-order valence-corrected chi connectivity index (χ1v) is 7.53. The summed E-state index contributed by atoms with van der Waals surface area (Å²) in [7, 11) is 0. The summed E-state index contributed by atoms with van der Waals surface area (Å²) in [5.41, 5.74) is 2.20. The number of imidazole rings is 1. The Balaban J connectivity index is 0.00000156. The Labute approximate surface area is 157 Å². The highest BCUT2D eigenvalue weighted by Gasteiger charge is 2.13. The monoisotopic (exact) mass is 386 g/mol. The van der Waals surface area contributed by atoms with Gasteiger partial charge in [-0.15, -0.1) is 24.8 Å². The van der Waals surface area contributed by atoms with Crippen LogP contribution in [0.4, 0.5) is 0 Å². The molecule has 9 heteroatoms. The van der Waals surface area contributed by atoms with E-state index in [0.29, 0.717) is 18.9 Å². The first-order chi connectivity index (χ1) is 11.3. The third kappa shape index (κ3) is 5.45. The molecule has 0 fully saturated rings. The second-order valence-electron chi connectivity index (χ2n) is 5.03. The van der Waals surface area contributed by atoms with E-state index in [1.54, 1.807) is 13.0 Å². The van der Waals surface area contributed by atoms with Gasteiger partial charge in [-0.3, -0.25) is 0 Å². The lowest BCUT2D eigenvalue weighted by atomic mass is 10.3. The van der Waals surface area contributed by atoms with E-state index in [9.17, 15) is 4.79 Å². The molecule has 0 radical (unpaired) electrons. The van der Waals surface area contributed by atoms with Crippen molar-refractivity contribution >= 4 is 41.8 Å². The molecule has 0 atom stereocenters. The third-order valence-electron chi connectivity index (χ3n) is 3.32. The lowest BCUT2D eigenvalue weighted by Crippen LogP contribution is -2.16. The summed E-state index contributed by atoms with van der Waals surface area (Å²) in [4.78, 5) is 19.3. The van der Waals surface area contributed by atoms with Gasteiger partial charge < -0.3 is 19.6 Å². The number of benzene rings is 1. The average Bonchev–Trinajstić information content (AvgIpc) is 3.18. The molecule has 0 bridgehead atoms. The molecular formula is C16H20Cl2N4O3. The number of halogens is 2. The van der Waals surface area contributed by atoms with Crippen molar-refractivity contribution in [2.45, 2.75) is 19.9 Å². The van der Waals surface area contributed by atoms with Crippen LogP contribution in [0.1, 0.15) is 29.0 Å². The quantitative estimate of drug-likeness (QED) is 0.478. The maximum absolute atomic E-state index is 11.5. The molecule has 25 heavy (non-hydrogen) atoms. The predicted molar refractivity (Wildman–Crippen MR) is 98.5 cm³/mol. The zero-order valence-corrected chi connectivity index (χ0v) is 15.3. The molecule has 0 saturated carbocycles. The standard InChI is InChI=1S/C16H18N4O3.2ClH/c1-2-22-16(21)14-9-11(23-20-14)10-17-8-7-15-18-12-5-3-4-6-13(12)19-15;;/h3-6,9,17H,2,7-8,10H2,1H3,(H,18,19);2*1H. The fourth-order valence-electron chi connectivity index (χ4n) is 2.24. The van der Waals surface area contributed by atoms with Crippen molar-refractivity contribution in [2.24, 2.45) is 0 Å². The number of carbonyl (C=O) groups is 1. The van der Waals surface area contributed by atoms with Crippen LogP contribution in [0.2, 0.25) is 0 Å². The van der Waals surface area contributed by atoms with Gasteiger partial charge in [0, 0.05) is 19.0 Å². The molecule has 2 heterocycles. The molecule has 7 nitrogen and oxygen atoms in total. The summed E-state index contributed by atoms with van der Waals surface area (Å²) in [5, 5.41) is 6.93. The van der Waals surface area contributed by atoms with Gasteiger partial charge >= 0.3 is 5.97 Å². The average molecular weight is 387 g/mol. The number of carbonyl (C=O) groups excluding carboxylic acids is 1. The normalized spacial score (nSPS) is 10.1. The highest BCUT2D eigenvalue weighted by Crippen LogP contribution is 2.10. The molecule has 3 aromatic rings. The molecular weight excluding hydrogens is 367 g/mol. The van der Waals surface area contributed by atoms with Crippen LogP contribution in [-0.4, -0.2) is 34.2 Å². The molecule has 0 unspecified atom stereocenters. The predicted octanol–water partition coefficient (Wildman–Crippen LogP) is 2.90. The van der Waals surface area contributed by atoms with E-state index in [1.165, 1.54) is 0 Å². The summed E-state index contributed by atoms with van der Waals surface area (Å²) in [6.45, 7) is 3.29. The maximum atomic E-state index is 11.5. The molecule has 0 aliphatic heterocycles. The van der Waals surface area contributed by atoms with Gasteiger partial charge in [-0.2, -0.15) is 0 Å². The molecule has 0 aliphatic carbocycles. The summed E-state index contributed by atoms with van der Waals surface area (Å²) in [6.07, 6.45) is 0.771. The van der Waals surface area contributed by atoms with Crippen LogP contribution >= 0.6 is 24.8 Å². The second-order valence-corrected chi connectivity index (χ2v) is 5.03. The molecule has 0 amide bonds. The molecule has 3 rings (SSSR count). The van der Waals surface area contributed by atoms with Crippen LogP contribution in [0, 0.1) is 0 Å². The number of esters is 1. The van der Waals surface area contributed by atoms with Crippen molar-refractivity contribution in [2.75, 3.05) is 13.2 Å². The number of rotatable bonds is 7. The zero-order chi connectivity index (χ0) is 16.1. The van der Waals surface area contributed by atoms with Crippen molar-refractivity contribution in [3.05, 3.63) is 47.6 Å². The smallest absolute Gasteiger partial charge is 0.360 e. The molecule has 2 N–H and O–H groups in total. The summed E-state index contributed by atoms with van der Waals surface area (Å²) in [6, 6.07) is 9.52. The topological polar surface area (TPSA) is 93.0 Å². The van der Waals surface area contributed by atoms with Gasteiger partial charge in [-0.1, -0.05) is 17.3 Å². The van der Waals surface area contributed by atoms with E-state index >= 15 is 0 Å². The van der Waals surface area contributed by atoms with E-state index in [1.807, 2.05) is 24.3 Å². The Morgan fingerprint density at radius 1 is 1.32 bits per heavy atom. The Hall–Kier alpha value is -2.09. The highest BCUT2D eigenvalue weighted by molar-refractivity contribution is 5.87. The van der Waals surface area contributed by atoms with Gasteiger partial charge in [-0.05, 0) is 19.1 Å². The van der Waals surface area contributed by atoms with E-state index in [-0.39, 0.29) is 30.5 Å². The van der Waals surface area contributed by atoms with Gasteiger partial charge in [0.15, 0.2) is 11.5 Å². The minimum absolute atomic E-state index is 0. The molecule has 0 aliphatic rings. The van der Waals surface area contributed by atoms with Crippen molar-refractivity contribution < 1.29 is 14.1 Å². The first-order valence-electron chi connectivity index (χ1n) is 7.53. The van der Waals surface area contributed by atoms with E-state index in [0.717, 1.165) is 29.8 Å². The summed E-state index contributed by atoms with van der Waals surface area (Å²) >= 11 is 0. The Morgan fingerprint density at radius 3 is 2.88 bits per heavy atom. The highest BCUT2D eigenvalue weighted by atomic mass is 35.5. The number of fused-ring (bicyclic) bond motifs is 1. The number of hydrogen-bond donors (Lipinski definition) is 2. The largest absolute Gasteiger partial charge is 0.461 e. The summed E-state index contributed by atoms with van der Waals surface area (Å²) in [5.74, 6) is 1.06. The molecule has 0 spiro atoms. The number of H-pyrrole nitrogens is 1. The summed E-state index contributed by atoms with van der Waals surface area (Å²) < 4.78 is 9.95. The molecule has 136 valence electrons. The number of nitrogens with zero attached hydrogens (tertiary/aromatic N) is 2. The van der Waals surface area contributed by atoms with Gasteiger partial charge in [0.1, 0.15) is 5.82 Å². The number of aromatic amines is 1. The van der Waals surface area contributed by atoms with Crippen LogP contribution in [0.15, 0.2) is 34.9 Å². The Bertz CT molecular complexity index is 770. The van der Waals surface area contributed by atoms with Gasteiger partial charge in [-0.25, -0.2) is 9.78 Å². The van der Waals surface area contributed by atoms with Crippen molar-refractivity contribution in [1.29, 1.82) is 0 Å². The van der Waals surface area contributed by atoms with Gasteiger partial charge in [0.2, 0.25) is 0 Å². The van der Waals surface area contributed by atoms with Crippen LogP contribution < -0.4 is 5.32 Å². The Morgan fingerprint density at radius 2 is 2.12 bits per heavy atom. The fraction of sp³-hybridized carbons (Fsp3) is 0.312. The lowest BCUT2D eigenvalue weighted by molar-refractivity contribution is 0.0514. The van der Waals surface area contributed by atoms with E-state index in [2.05, 4.69) is 20.4 Å². The van der Waals surface area contributed by atoms with E-state index < -0.39 is 5.97 Å². The second kappa shape index (κ2) is 10.0. The van der Waals surface area contributed by atoms with Crippen LogP contribution in [-0.2, 0) is 17.7 Å². The first kappa shape index (κ1) is 21.0. The fourth-order valence-corrected chi connectivity index (χ4v) is 2.24. The Kier molecular flexibility index (Phi) is 8.40. The van der Waals surface area contributed by atoms with Crippen LogP contribution in [0.5, 0.6) is 0 Å². The molecule has 0 saturated heterocycles. The van der Waals surface area contributed by atoms with Gasteiger partial charge in [0.25, 0.3) is 0 Å². The molecule has 2 aromatic heterocycles. The number of nitrogens with one attached hydrogen (secondary N) is 2.